The minimum absolute atomic E-state index is 0.0125. The topological polar surface area (TPSA) is 32.3 Å². The minimum atomic E-state index is -0.561. The second kappa shape index (κ2) is 6.67. The first-order chi connectivity index (χ1) is 8.04. The van der Waals surface area contributed by atoms with Gasteiger partial charge >= 0.3 is 0 Å². The van der Waals surface area contributed by atoms with Crippen LogP contribution in [0.15, 0.2) is 18.2 Å². The molecule has 1 aromatic rings. The molecule has 0 spiro atoms. The van der Waals surface area contributed by atoms with Crippen LogP contribution in [0.3, 0.4) is 0 Å². The first-order valence-electron chi connectivity index (χ1n) is 5.82. The molecule has 1 rings (SSSR count). The van der Waals surface area contributed by atoms with Crippen molar-refractivity contribution in [1.82, 2.24) is 5.32 Å². The second-order valence-corrected chi connectivity index (χ2v) is 4.47. The summed E-state index contributed by atoms with van der Waals surface area (Å²) in [5.74, 6) is -0.760. The maximum Gasteiger partial charge on any atom is 0.129 e. The van der Waals surface area contributed by atoms with Crippen LogP contribution in [0.25, 0.3) is 0 Å². The highest BCUT2D eigenvalue weighted by Crippen LogP contribution is 2.10. The summed E-state index contributed by atoms with van der Waals surface area (Å²) < 4.78 is 26.0. The molecule has 0 heterocycles. The van der Waals surface area contributed by atoms with E-state index in [0.29, 0.717) is 24.4 Å². The molecule has 0 bridgehead atoms. The standard InChI is InChI=1S/C13H19F2NO/c1-9(2)13(8-17)16-6-5-10-3-4-11(14)7-12(10)15/h3-4,7,9,13,16-17H,5-6,8H2,1-2H3. The zero-order valence-corrected chi connectivity index (χ0v) is 10.2. The smallest absolute Gasteiger partial charge is 0.129 e. The maximum absolute atomic E-state index is 13.3. The molecule has 0 aromatic heterocycles. The van der Waals surface area contributed by atoms with Crippen molar-refractivity contribution in [1.29, 1.82) is 0 Å². The quantitative estimate of drug-likeness (QED) is 0.802. The van der Waals surface area contributed by atoms with Crippen LogP contribution >= 0.6 is 0 Å². The third-order valence-corrected chi connectivity index (χ3v) is 2.82. The Balaban J connectivity index is 2.45. The van der Waals surface area contributed by atoms with E-state index in [1.165, 1.54) is 12.1 Å². The monoisotopic (exact) mass is 243 g/mol. The van der Waals surface area contributed by atoms with E-state index in [1.54, 1.807) is 0 Å². The normalized spacial score (nSPS) is 13.1. The summed E-state index contributed by atoms with van der Waals surface area (Å²) >= 11 is 0. The van der Waals surface area contributed by atoms with E-state index in [9.17, 15) is 8.78 Å². The van der Waals surface area contributed by atoms with Gasteiger partial charge in [0.2, 0.25) is 0 Å². The Bertz CT molecular complexity index is 355. The summed E-state index contributed by atoms with van der Waals surface area (Å²) in [5.41, 5.74) is 0.486. The van der Waals surface area contributed by atoms with Gasteiger partial charge in [-0.2, -0.15) is 0 Å². The van der Waals surface area contributed by atoms with Crippen molar-refractivity contribution < 1.29 is 13.9 Å². The Morgan fingerprint density at radius 3 is 2.53 bits per heavy atom. The van der Waals surface area contributed by atoms with Crippen LogP contribution < -0.4 is 5.32 Å². The number of aliphatic hydroxyl groups excluding tert-OH is 1. The van der Waals surface area contributed by atoms with E-state index in [-0.39, 0.29) is 12.6 Å². The Morgan fingerprint density at radius 2 is 2.00 bits per heavy atom. The van der Waals surface area contributed by atoms with E-state index in [4.69, 9.17) is 5.11 Å². The summed E-state index contributed by atoms with van der Waals surface area (Å²) in [6, 6.07) is 3.61. The van der Waals surface area contributed by atoms with Crippen LogP contribution in [0.2, 0.25) is 0 Å². The Morgan fingerprint density at radius 1 is 1.29 bits per heavy atom. The second-order valence-electron chi connectivity index (χ2n) is 4.47. The van der Waals surface area contributed by atoms with Crippen LogP contribution in [0, 0.1) is 17.6 Å². The summed E-state index contributed by atoms with van der Waals surface area (Å²) in [6.07, 6.45) is 0.481. The molecular formula is C13H19F2NO. The number of hydrogen-bond acceptors (Lipinski definition) is 2. The fourth-order valence-electron chi connectivity index (χ4n) is 1.63. The largest absolute Gasteiger partial charge is 0.395 e. The maximum atomic E-state index is 13.3. The highest BCUT2D eigenvalue weighted by Gasteiger charge is 2.11. The highest BCUT2D eigenvalue weighted by atomic mass is 19.1. The van der Waals surface area contributed by atoms with Crippen molar-refractivity contribution in [3.8, 4) is 0 Å². The Hall–Kier alpha value is -1.00. The van der Waals surface area contributed by atoms with Gasteiger partial charge in [0.05, 0.1) is 6.61 Å². The molecular weight excluding hydrogens is 224 g/mol. The molecule has 2 nitrogen and oxygen atoms in total. The molecule has 2 N–H and O–H groups in total. The lowest BCUT2D eigenvalue weighted by Gasteiger charge is -2.19. The van der Waals surface area contributed by atoms with Crippen molar-refractivity contribution >= 4 is 0 Å². The molecule has 0 fully saturated rings. The predicted octanol–water partition coefficient (Wildman–Crippen LogP) is 2.11. The molecule has 1 aromatic carbocycles. The van der Waals surface area contributed by atoms with Gasteiger partial charge < -0.3 is 10.4 Å². The van der Waals surface area contributed by atoms with E-state index >= 15 is 0 Å². The number of aliphatic hydroxyl groups is 1. The number of nitrogens with one attached hydrogen (secondary N) is 1. The van der Waals surface area contributed by atoms with Gasteiger partial charge in [-0.25, -0.2) is 8.78 Å². The fraction of sp³-hybridized carbons (Fsp3) is 0.538. The molecule has 0 amide bonds. The number of rotatable bonds is 6. The first-order valence-corrected chi connectivity index (χ1v) is 5.82. The molecule has 0 aliphatic rings. The van der Waals surface area contributed by atoms with Gasteiger partial charge in [0.25, 0.3) is 0 Å². The lowest BCUT2D eigenvalue weighted by atomic mass is 10.0. The van der Waals surface area contributed by atoms with Crippen LogP contribution in [-0.4, -0.2) is 24.3 Å². The molecule has 96 valence electrons. The zero-order chi connectivity index (χ0) is 12.8. The van der Waals surface area contributed by atoms with Gasteiger partial charge in [0.15, 0.2) is 0 Å². The lowest BCUT2D eigenvalue weighted by molar-refractivity contribution is 0.211. The summed E-state index contributed by atoms with van der Waals surface area (Å²) in [7, 11) is 0. The molecule has 1 unspecified atom stereocenters. The molecule has 0 radical (unpaired) electrons. The molecule has 4 heteroatoms. The van der Waals surface area contributed by atoms with Gasteiger partial charge in [-0.15, -0.1) is 0 Å². The number of benzene rings is 1. The van der Waals surface area contributed by atoms with Crippen molar-refractivity contribution in [2.45, 2.75) is 26.3 Å². The van der Waals surface area contributed by atoms with Gasteiger partial charge in [-0.1, -0.05) is 19.9 Å². The fourth-order valence-corrected chi connectivity index (χ4v) is 1.63. The zero-order valence-electron chi connectivity index (χ0n) is 10.2. The van der Waals surface area contributed by atoms with Gasteiger partial charge in [0.1, 0.15) is 11.6 Å². The van der Waals surface area contributed by atoms with Crippen molar-refractivity contribution in [3.63, 3.8) is 0 Å². The molecule has 17 heavy (non-hydrogen) atoms. The molecule has 0 saturated heterocycles. The van der Waals surface area contributed by atoms with Gasteiger partial charge in [-0.05, 0) is 30.5 Å². The Kier molecular flexibility index (Phi) is 5.51. The van der Waals surface area contributed by atoms with Crippen molar-refractivity contribution in [2.24, 2.45) is 5.92 Å². The van der Waals surface area contributed by atoms with E-state index in [2.05, 4.69) is 5.32 Å². The third kappa shape index (κ3) is 4.40. The minimum Gasteiger partial charge on any atom is -0.395 e. The Labute approximate surface area is 101 Å². The summed E-state index contributed by atoms with van der Waals surface area (Å²) in [6.45, 7) is 4.63. The SMILES string of the molecule is CC(C)C(CO)NCCc1ccc(F)cc1F. The molecule has 1 atom stereocenters. The molecule has 0 aliphatic carbocycles. The van der Waals surface area contributed by atoms with Crippen LogP contribution in [0.1, 0.15) is 19.4 Å². The van der Waals surface area contributed by atoms with E-state index in [0.717, 1.165) is 6.07 Å². The van der Waals surface area contributed by atoms with Crippen LogP contribution in [0.5, 0.6) is 0 Å². The lowest BCUT2D eigenvalue weighted by Crippen LogP contribution is -2.38. The summed E-state index contributed by atoms with van der Waals surface area (Å²) in [5, 5.41) is 12.2. The van der Waals surface area contributed by atoms with Crippen LogP contribution in [-0.2, 0) is 6.42 Å². The average molecular weight is 243 g/mol. The molecule has 0 aliphatic heterocycles. The van der Waals surface area contributed by atoms with Crippen LogP contribution in [0.4, 0.5) is 8.78 Å². The van der Waals surface area contributed by atoms with Crippen molar-refractivity contribution in [2.75, 3.05) is 13.2 Å². The predicted molar refractivity (Wildman–Crippen MR) is 63.8 cm³/mol. The van der Waals surface area contributed by atoms with E-state index in [1.807, 2.05) is 13.8 Å². The highest BCUT2D eigenvalue weighted by molar-refractivity contribution is 5.18. The molecule has 0 saturated carbocycles. The average Bonchev–Trinajstić information content (AvgIpc) is 2.26. The van der Waals surface area contributed by atoms with Gasteiger partial charge in [-0.3, -0.25) is 0 Å². The van der Waals surface area contributed by atoms with Gasteiger partial charge in [0, 0.05) is 12.1 Å². The first kappa shape index (κ1) is 14.1. The van der Waals surface area contributed by atoms with E-state index < -0.39 is 11.6 Å². The number of hydrogen-bond donors (Lipinski definition) is 2. The third-order valence-electron chi connectivity index (χ3n) is 2.82. The summed E-state index contributed by atoms with van der Waals surface area (Å²) in [4.78, 5) is 0. The number of halogens is 2. The van der Waals surface area contributed by atoms with Crippen molar-refractivity contribution in [3.05, 3.63) is 35.4 Å².